The number of hydrogen-bond donors (Lipinski definition) is 1. The number of halogens is 1. The Morgan fingerprint density at radius 2 is 1.96 bits per heavy atom. The van der Waals surface area contributed by atoms with Crippen molar-refractivity contribution >= 4 is 33.6 Å². The van der Waals surface area contributed by atoms with E-state index in [9.17, 15) is 4.79 Å². The minimum atomic E-state index is -0.267. The van der Waals surface area contributed by atoms with E-state index in [-0.39, 0.29) is 5.91 Å². The molecule has 1 amide bonds. The first-order chi connectivity index (χ1) is 12.1. The van der Waals surface area contributed by atoms with Crippen LogP contribution in [0.3, 0.4) is 0 Å². The largest absolute Gasteiger partial charge is 0.497 e. The lowest BCUT2D eigenvalue weighted by atomic mass is 10.1. The number of rotatable bonds is 4. The summed E-state index contributed by atoms with van der Waals surface area (Å²) in [4.78, 5) is 12.7. The van der Waals surface area contributed by atoms with Gasteiger partial charge in [-0.1, -0.05) is 15.9 Å². The molecule has 0 saturated heterocycles. The van der Waals surface area contributed by atoms with E-state index in [1.165, 1.54) is 13.4 Å². The van der Waals surface area contributed by atoms with Gasteiger partial charge in [0, 0.05) is 21.7 Å². The Hall–Kier alpha value is -2.73. The maximum atomic E-state index is 12.7. The molecule has 3 rings (SSSR count). The van der Waals surface area contributed by atoms with Gasteiger partial charge < -0.3 is 19.5 Å². The number of nitrogens with one attached hydrogen (secondary N) is 1. The molecular weight excluding hydrogens is 386 g/mol. The molecule has 6 heteroatoms. The molecule has 1 N–H and O–H groups in total. The Morgan fingerprint density at radius 3 is 2.72 bits per heavy atom. The van der Waals surface area contributed by atoms with E-state index in [4.69, 9.17) is 14.2 Å². The Labute approximate surface area is 154 Å². The van der Waals surface area contributed by atoms with Crippen molar-refractivity contribution in [2.24, 2.45) is 0 Å². The number of fused-ring (bicyclic) bond motifs is 1. The molecule has 0 bridgehead atoms. The van der Waals surface area contributed by atoms with Crippen LogP contribution in [0.5, 0.6) is 17.2 Å². The molecule has 0 spiro atoms. The summed E-state index contributed by atoms with van der Waals surface area (Å²) >= 11 is 3.42. The normalized spacial score (nSPS) is 12.4. The number of hydrogen-bond acceptors (Lipinski definition) is 4. The Kier molecular flexibility index (Phi) is 5.09. The van der Waals surface area contributed by atoms with Crippen LogP contribution in [0.15, 0.2) is 58.8 Å². The van der Waals surface area contributed by atoms with Gasteiger partial charge in [0.25, 0.3) is 5.91 Å². The van der Waals surface area contributed by atoms with E-state index in [2.05, 4.69) is 21.2 Å². The molecule has 2 aromatic carbocycles. The minimum Gasteiger partial charge on any atom is -0.497 e. The summed E-state index contributed by atoms with van der Waals surface area (Å²) in [5, 5.41) is 2.85. The summed E-state index contributed by atoms with van der Waals surface area (Å²) < 4.78 is 16.9. The molecule has 0 fully saturated rings. The molecule has 25 heavy (non-hydrogen) atoms. The molecule has 1 aliphatic heterocycles. The highest BCUT2D eigenvalue weighted by Gasteiger charge is 2.15. The number of carbonyl (C=O) groups is 1. The fourth-order valence-corrected chi connectivity index (χ4v) is 2.75. The smallest absolute Gasteiger partial charge is 0.255 e. The average Bonchev–Trinajstić information content (AvgIpc) is 2.83. The third kappa shape index (κ3) is 3.85. The van der Waals surface area contributed by atoms with E-state index >= 15 is 0 Å². The zero-order valence-electron chi connectivity index (χ0n) is 13.7. The summed E-state index contributed by atoms with van der Waals surface area (Å²) in [5.41, 5.74) is 1.84. The van der Waals surface area contributed by atoms with E-state index in [1.807, 2.05) is 18.2 Å². The third-order valence-electron chi connectivity index (χ3n) is 3.64. The van der Waals surface area contributed by atoms with Crippen molar-refractivity contribution in [1.82, 2.24) is 0 Å². The molecule has 0 aliphatic carbocycles. The van der Waals surface area contributed by atoms with Gasteiger partial charge in [-0.3, -0.25) is 4.79 Å². The van der Waals surface area contributed by atoms with Gasteiger partial charge in [0.1, 0.15) is 17.2 Å². The molecule has 128 valence electrons. The topological polar surface area (TPSA) is 56.8 Å². The van der Waals surface area contributed by atoms with Gasteiger partial charge >= 0.3 is 0 Å². The highest BCUT2D eigenvalue weighted by atomic mass is 79.9. The number of ether oxygens (including phenoxy) is 3. The summed E-state index contributed by atoms with van der Waals surface area (Å²) in [6, 6.07) is 10.8. The van der Waals surface area contributed by atoms with Crippen LogP contribution in [0, 0.1) is 0 Å². The van der Waals surface area contributed by atoms with Gasteiger partial charge in [-0.15, -0.1) is 0 Å². The molecule has 1 aliphatic rings. The first-order valence-electron chi connectivity index (χ1n) is 7.48. The standard InChI is InChI=1S/C19H16BrNO4/c1-23-15-4-5-16(18(11-15)24-2)21-19(22)12-7-8-25-17-6-3-14(20)10-13(17)9-12/h3-11H,1-2H3,(H,21,22). The summed E-state index contributed by atoms with van der Waals surface area (Å²) in [6.07, 6.45) is 4.89. The average molecular weight is 402 g/mol. The molecule has 0 atom stereocenters. The Morgan fingerprint density at radius 1 is 1.12 bits per heavy atom. The van der Waals surface area contributed by atoms with Gasteiger partial charge in [0.15, 0.2) is 0 Å². The monoisotopic (exact) mass is 401 g/mol. The Balaban J connectivity index is 1.88. The Bertz CT molecular complexity index is 874. The van der Waals surface area contributed by atoms with Crippen LogP contribution in [-0.2, 0) is 4.79 Å². The van der Waals surface area contributed by atoms with Gasteiger partial charge in [-0.25, -0.2) is 0 Å². The second-order valence-corrected chi connectivity index (χ2v) is 6.14. The van der Waals surface area contributed by atoms with E-state index in [0.29, 0.717) is 28.5 Å². The minimum absolute atomic E-state index is 0.267. The first kappa shape index (κ1) is 17.1. The summed E-state index contributed by atoms with van der Waals surface area (Å²) in [5.74, 6) is 1.58. The summed E-state index contributed by atoms with van der Waals surface area (Å²) in [7, 11) is 3.11. The second kappa shape index (κ2) is 7.44. The fraction of sp³-hybridized carbons (Fsp3) is 0.105. The van der Waals surface area contributed by atoms with Crippen molar-refractivity contribution in [2.75, 3.05) is 19.5 Å². The van der Waals surface area contributed by atoms with Crippen molar-refractivity contribution < 1.29 is 19.0 Å². The number of benzene rings is 2. The molecule has 0 saturated carbocycles. The third-order valence-corrected chi connectivity index (χ3v) is 4.14. The van der Waals surface area contributed by atoms with Crippen LogP contribution >= 0.6 is 15.9 Å². The van der Waals surface area contributed by atoms with E-state index < -0.39 is 0 Å². The summed E-state index contributed by atoms with van der Waals surface area (Å²) in [6.45, 7) is 0. The zero-order chi connectivity index (χ0) is 17.8. The van der Waals surface area contributed by atoms with Crippen molar-refractivity contribution in [2.45, 2.75) is 0 Å². The van der Waals surface area contributed by atoms with Crippen molar-refractivity contribution in [3.05, 3.63) is 64.3 Å². The number of carbonyl (C=O) groups excluding carboxylic acids is 1. The van der Waals surface area contributed by atoms with E-state index in [0.717, 1.165) is 10.0 Å². The van der Waals surface area contributed by atoms with Gasteiger partial charge in [-0.05, 0) is 42.5 Å². The molecule has 0 aromatic heterocycles. The quantitative estimate of drug-likeness (QED) is 0.824. The highest BCUT2D eigenvalue weighted by Crippen LogP contribution is 2.31. The van der Waals surface area contributed by atoms with Crippen LogP contribution in [0.25, 0.3) is 6.08 Å². The number of methoxy groups -OCH3 is 2. The van der Waals surface area contributed by atoms with Crippen LogP contribution in [-0.4, -0.2) is 20.1 Å². The zero-order valence-corrected chi connectivity index (χ0v) is 15.3. The second-order valence-electron chi connectivity index (χ2n) is 5.22. The maximum absolute atomic E-state index is 12.7. The van der Waals surface area contributed by atoms with Crippen LogP contribution in [0.2, 0.25) is 0 Å². The lowest BCUT2D eigenvalue weighted by Crippen LogP contribution is -2.13. The molecule has 0 radical (unpaired) electrons. The first-order valence-corrected chi connectivity index (χ1v) is 8.28. The lowest BCUT2D eigenvalue weighted by Gasteiger charge is -2.11. The molecule has 5 nitrogen and oxygen atoms in total. The molecule has 0 unspecified atom stereocenters. The fourth-order valence-electron chi connectivity index (χ4n) is 2.37. The number of anilines is 1. The van der Waals surface area contributed by atoms with Crippen molar-refractivity contribution in [1.29, 1.82) is 0 Å². The lowest BCUT2D eigenvalue weighted by molar-refractivity contribution is -0.112. The number of amides is 1. The van der Waals surface area contributed by atoms with Crippen molar-refractivity contribution in [3.63, 3.8) is 0 Å². The SMILES string of the molecule is COc1ccc(NC(=O)C2=Cc3cc(Br)ccc3OC=C2)c(OC)c1. The predicted molar refractivity (Wildman–Crippen MR) is 100 cm³/mol. The van der Waals surface area contributed by atoms with Crippen molar-refractivity contribution in [3.8, 4) is 17.2 Å². The van der Waals surface area contributed by atoms with Crippen LogP contribution in [0.4, 0.5) is 5.69 Å². The highest BCUT2D eigenvalue weighted by molar-refractivity contribution is 9.10. The maximum Gasteiger partial charge on any atom is 0.255 e. The van der Waals surface area contributed by atoms with Gasteiger partial charge in [0.2, 0.25) is 0 Å². The molecular formula is C19H16BrNO4. The van der Waals surface area contributed by atoms with E-state index in [1.54, 1.807) is 37.5 Å². The van der Waals surface area contributed by atoms with Gasteiger partial charge in [0.05, 0.1) is 26.2 Å². The predicted octanol–water partition coefficient (Wildman–Crippen LogP) is 4.39. The van der Waals surface area contributed by atoms with Gasteiger partial charge in [-0.2, -0.15) is 0 Å². The van der Waals surface area contributed by atoms with Crippen LogP contribution in [0.1, 0.15) is 5.56 Å². The molecule has 2 aromatic rings. The molecule has 1 heterocycles. The van der Waals surface area contributed by atoms with Crippen LogP contribution < -0.4 is 19.5 Å².